The topological polar surface area (TPSA) is 67.4 Å². The van der Waals surface area contributed by atoms with E-state index in [1.807, 2.05) is 6.07 Å². The highest BCUT2D eigenvalue weighted by Crippen LogP contribution is 2.31. The molecule has 24 heavy (non-hydrogen) atoms. The van der Waals surface area contributed by atoms with Gasteiger partial charge >= 0.3 is 6.18 Å². The SMILES string of the molecule is N#Cc1nnn(-c2cccc(C(F)(F)F)c2)c1-c1ccc(Cl)nc1. The van der Waals surface area contributed by atoms with Crippen LogP contribution in [0.4, 0.5) is 13.2 Å². The smallest absolute Gasteiger partial charge is 0.244 e. The number of halogens is 4. The summed E-state index contributed by atoms with van der Waals surface area (Å²) >= 11 is 5.74. The molecule has 0 aliphatic rings. The molecule has 3 rings (SSSR count). The molecule has 0 unspecified atom stereocenters. The van der Waals surface area contributed by atoms with Crippen LogP contribution in [-0.2, 0) is 6.18 Å². The number of pyridine rings is 1. The predicted octanol–water partition coefficient (Wildman–Crippen LogP) is 3.87. The molecule has 2 heterocycles. The molecular formula is C15H7ClF3N5. The molecule has 0 saturated heterocycles. The first-order chi connectivity index (χ1) is 11.4. The third-order valence-electron chi connectivity index (χ3n) is 3.20. The minimum absolute atomic E-state index is 0.0310. The van der Waals surface area contributed by atoms with Crippen molar-refractivity contribution in [1.29, 1.82) is 5.26 Å². The molecule has 2 aromatic heterocycles. The lowest BCUT2D eigenvalue weighted by Gasteiger charge is -2.10. The number of rotatable bonds is 2. The van der Waals surface area contributed by atoms with Crippen LogP contribution in [0.15, 0.2) is 42.6 Å². The van der Waals surface area contributed by atoms with E-state index in [1.165, 1.54) is 29.1 Å². The van der Waals surface area contributed by atoms with Gasteiger partial charge in [0.2, 0.25) is 0 Å². The Morgan fingerprint density at radius 3 is 2.58 bits per heavy atom. The Labute approximate surface area is 138 Å². The van der Waals surface area contributed by atoms with Crippen LogP contribution in [-0.4, -0.2) is 20.0 Å². The van der Waals surface area contributed by atoms with Crippen molar-refractivity contribution in [3.63, 3.8) is 0 Å². The van der Waals surface area contributed by atoms with E-state index in [4.69, 9.17) is 11.6 Å². The Balaban J connectivity index is 2.18. The summed E-state index contributed by atoms with van der Waals surface area (Å²) in [6.45, 7) is 0. The summed E-state index contributed by atoms with van der Waals surface area (Å²) in [4.78, 5) is 3.91. The Kier molecular flexibility index (Phi) is 3.95. The molecular weight excluding hydrogens is 343 g/mol. The number of nitriles is 1. The number of alkyl halides is 3. The largest absolute Gasteiger partial charge is 0.416 e. The second-order valence-corrected chi connectivity index (χ2v) is 5.12. The van der Waals surface area contributed by atoms with Crippen LogP contribution < -0.4 is 0 Å². The molecule has 0 amide bonds. The normalized spacial score (nSPS) is 11.3. The highest BCUT2D eigenvalue weighted by molar-refractivity contribution is 6.29. The third kappa shape index (κ3) is 2.94. The summed E-state index contributed by atoms with van der Waals surface area (Å²) in [5.41, 5.74) is -0.0335. The number of benzene rings is 1. The minimum atomic E-state index is -4.49. The molecule has 0 N–H and O–H groups in total. The standard InChI is InChI=1S/C15H7ClF3N5/c16-13-5-4-9(8-21-13)14-12(7-20)22-23-24(14)11-3-1-2-10(6-11)15(17,18)19/h1-6,8H. The lowest BCUT2D eigenvalue weighted by atomic mass is 10.1. The summed E-state index contributed by atoms with van der Waals surface area (Å²) in [6.07, 6.45) is -3.09. The van der Waals surface area contributed by atoms with Gasteiger partial charge in [-0.15, -0.1) is 5.10 Å². The van der Waals surface area contributed by atoms with Gasteiger partial charge in [-0.3, -0.25) is 0 Å². The Morgan fingerprint density at radius 1 is 1.17 bits per heavy atom. The van der Waals surface area contributed by atoms with Crippen molar-refractivity contribution in [2.75, 3.05) is 0 Å². The van der Waals surface area contributed by atoms with Crippen molar-refractivity contribution in [2.24, 2.45) is 0 Å². The van der Waals surface area contributed by atoms with Gasteiger partial charge in [0.1, 0.15) is 16.9 Å². The molecule has 0 fully saturated rings. The van der Waals surface area contributed by atoms with Crippen LogP contribution in [0.25, 0.3) is 16.9 Å². The summed E-state index contributed by atoms with van der Waals surface area (Å²) in [6, 6.07) is 9.54. The number of hydrogen-bond acceptors (Lipinski definition) is 4. The van der Waals surface area contributed by atoms with Crippen LogP contribution in [0.1, 0.15) is 11.3 Å². The van der Waals surface area contributed by atoms with Crippen molar-refractivity contribution >= 4 is 11.6 Å². The first-order valence-corrected chi connectivity index (χ1v) is 6.93. The Bertz CT molecular complexity index is 926. The predicted molar refractivity (Wildman–Crippen MR) is 79.3 cm³/mol. The van der Waals surface area contributed by atoms with E-state index in [0.29, 0.717) is 5.56 Å². The average molecular weight is 350 g/mol. The van der Waals surface area contributed by atoms with E-state index < -0.39 is 11.7 Å². The zero-order chi connectivity index (χ0) is 17.3. The van der Waals surface area contributed by atoms with Gasteiger partial charge in [0.25, 0.3) is 0 Å². The third-order valence-corrected chi connectivity index (χ3v) is 3.42. The molecule has 0 saturated carbocycles. The summed E-state index contributed by atoms with van der Waals surface area (Å²) in [7, 11) is 0. The minimum Gasteiger partial charge on any atom is -0.244 e. The summed E-state index contributed by atoms with van der Waals surface area (Å²) < 4.78 is 39.9. The molecule has 0 bridgehead atoms. The molecule has 0 aliphatic heterocycles. The van der Waals surface area contributed by atoms with Gasteiger partial charge in [-0.2, -0.15) is 18.4 Å². The van der Waals surface area contributed by atoms with Gasteiger partial charge in [0.15, 0.2) is 5.69 Å². The monoisotopic (exact) mass is 349 g/mol. The number of nitrogens with zero attached hydrogens (tertiary/aromatic N) is 5. The van der Waals surface area contributed by atoms with Crippen molar-refractivity contribution in [3.05, 3.63) is 59.0 Å². The van der Waals surface area contributed by atoms with E-state index in [9.17, 15) is 18.4 Å². The fourth-order valence-corrected chi connectivity index (χ4v) is 2.24. The maximum Gasteiger partial charge on any atom is 0.416 e. The highest BCUT2D eigenvalue weighted by Gasteiger charge is 2.31. The highest BCUT2D eigenvalue weighted by atomic mass is 35.5. The van der Waals surface area contributed by atoms with Crippen LogP contribution in [0.2, 0.25) is 5.15 Å². The van der Waals surface area contributed by atoms with Crippen LogP contribution in [0.5, 0.6) is 0 Å². The van der Waals surface area contributed by atoms with E-state index in [1.54, 1.807) is 6.07 Å². The molecule has 9 heteroatoms. The van der Waals surface area contributed by atoms with Crippen LogP contribution in [0, 0.1) is 11.3 Å². The lowest BCUT2D eigenvalue weighted by molar-refractivity contribution is -0.137. The molecule has 120 valence electrons. The van der Waals surface area contributed by atoms with E-state index in [-0.39, 0.29) is 22.2 Å². The van der Waals surface area contributed by atoms with E-state index >= 15 is 0 Å². The average Bonchev–Trinajstić information content (AvgIpc) is 2.99. The maximum absolute atomic E-state index is 12.9. The molecule has 5 nitrogen and oxygen atoms in total. The fourth-order valence-electron chi connectivity index (χ4n) is 2.13. The fraction of sp³-hybridized carbons (Fsp3) is 0.0667. The van der Waals surface area contributed by atoms with Crippen LogP contribution in [0.3, 0.4) is 0 Å². The zero-order valence-electron chi connectivity index (χ0n) is 11.8. The van der Waals surface area contributed by atoms with Gasteiger partial charge < -0.3 is 0 Å². The van der Waals surface area contributed by atoms with Crippen LogP contribution >= 0.6 is 11.6 Å². The number of aromatic nitrogens is 4. The number of hydrogen-bond donors (Lipinski definition) is 0. The van der Waals surface area contributed by atoms with Gasteiger partial charge in [-0.25, -0.2) is 9.67 Å². The molecule has 0 aliphatic carbocycles. The van der Waals surface area contributed by atoms with E-state index in [2.05, 4.69) is 15.3 Å². The first-order valence-electron chi connectivity index (χ1n) is 6.55. The lowest BCUT2D eigenvalue weighted by Crippen LogP contribution is -2.07. The maximum atomic E-state index is 12.9. The summed E-state index contributed by atoms with van der Waals surface area (Å²) in [5.74, 6) is 0. The van der Waals surface area contributed by atoms with Crippen molar-refractivity contribution in [3.8, 4) is 23.0 Å². The van der Waals surface area contributed by atoms with Gasteiger partial charge in [-0.05, 0) is 30.3 Å². The Hall–Kier alpha value is -2.92. The second-order valence-electron chi connectivity index (χ2n) is 4.73. The zero-order valence-corrected chi connectivity index (χ0v) is 12.5. The quantitative estimate of drug-likeness (QED) is 0.659. The second kappa shape index (κ2) is 5.94. The van der Waals surface area contributed by atoms with E-state index in [0.717, 1.165) is 12.1 Å². The van der Waals surface area contributed by atoms with Crippen molar-refractivity contribution in [2.45, 2.75) is 6.18 Å². The van der Waals surface area contributed by atoms with Gasteiger partial charge in [-0.1, -0.05) is 22.9 Å². The molecule has 1 aromatic carbocycles. The van der Waals surface area contributed by atoms with Crippen molar-refractivity contribution in [1.82, 2.24) is 20.0 Å². The molecule has 3 aromatic rings. The van der Waals surface area contributed by atoms with Gasteiger partial charge in [0.05, 0.1) is 11.3 Å². The molecule has 0 spiro atoms. The Morgan fingerprint density at radius 2 is 1.96 bits per heavy atom. The molecule has 0 radical (unpaired) electrons. The summed E-state index contributed by atoms with van der Waals surface area (Å²) in [5, 5.41) is 16.9. The first kappa shape index (κ1) is 16.0. The van der Waals surface area contributed by atoms with Crippen molar-refractivity contribution < 1.29 is 13.2 Å². The van der Waals surface area contributed by atoms with Gasteiger partial charge in [0, 0.05) is 11.8 Å². The molecule has 0 atom stereocenters.